The van der Waals surface area contributed by atoms with Gasteiger partial charge in [0.05, 0.1) is 28.4 Å². The van der Waals surface area contributed by atoms with E-state index in [1.807, 2.05) is 0 Å². The molecule has 0 bridgehead atoms. The van der Waals surface area contributed by atoms with Crippen LogP contribution in [0.4, 0.5) is 11.4 Å². The zero-order chi connectivity index (χ0) is 18.4. The number of anilines is 2. The monoisotopic (exact) mass is 380 g/mol. The van der Waals surface area contributed by atoms with Crippen LogP contribution in [0.3, 0.4) is 0 Å². The van der Waals surface area contributed by atoms with Gasteiger partial charge < -0.3 is 15.4 Å². The molecule has 6 nitrogen and oxygen atoms in total. The second-order valence-corrected chi connectivity index (χ2v) is 5.73. The highest BCUT2D eigenvalue weighted by molar-refractivity contribution is 6.44. The molecule has 0 aliphatic heterocycles. The van der Waals surface area contributed by atoms with Gasteiger partial charge in [0.2, 0.25) is 11.8 Å². The zero-order valence-electron chi connectivity index (χ0n) is 13.1. The molecule has 0 heterocycles. The molecular weight excluding hydrogens is 367 g/mol. The molecule has 2 aromatic rings. The van der Waals surface area contributed by atoms with Gasteiger partial charge >= 0.3 is 5.97 Å². The van der Waals surface area contributed by atoms with Crippen LogP contribution in [0.25, 0.3) is 0 Å². The summed E-state index contributed by atoms with van der Waals surface area (Å²) in [6, 6.07) is 10.9. The first-order chi connectivity index (χ1) is 11.9. The van der Waals surface area contributed by atoms with E-state index in [1.54, 1.807) is 18.2 Å². The average Bonchev–Trinajstić information content (AvgIpc) is 2.58. The summed E-state index contributed by atoms with van der Waals surface area (Å²) in [4.78, 5) is 35.2. The molecule has 2 aromatic carbocycles. The summed E-state index contributed by atoms with van der Waals surface area (Å²) in [6.07, 6.45) is -0.401. The summed E-state index contributed by atoms with van der Waals surface area (Å²) in [5.41, 5.74) is 1.13. The lowest BCUT2D eigenvalue weighted by Gasteiger charge is -2.09. The van der Waals surface area contributed by atoms with Crippen LogP contribution in [0, 0.1) is 0 Å². The summed E-state index contributed by atoms with van der Waals surface area (Å²) in [6.45, 7) is 0. The van der Waals surface area contributed by atoms with E-state index in [-0.39, 0.29) is 5.02 Å². The maximum absolute atomic E-state index is 11.9. The topological polar surface area (TPSA) is 84.5 Å². The highest BCUT2D eigenvalue weighted by Crippen LogP contribution is 2.29. The maximum Gasteiger partial charge on any atom is 0.337 e. The molecule has 0 saturated heterocycles. The Morgan fingerprint density at radius 1 is 0.960 bits per heavy atom. The molecule has 0 spiro atoms. The Morgan fingerprint density at radius 3 is 2.24 bits per heavy atom. The van der Waals surface area contributed by atoms with Crippen LogP contribution in [0.15, 0.2) is 42.5 Å². The normalized spacial score (nSPS) is 10.0. The summed E-state index contributed by atoms with van der Waals surface area (Å²) in [5.74, 6) is -1.52. The van der Waals surface area contributed by atoms with Crippen molar-refractivity contribution in [3.8, 4) is 0 Å². The van der Waals surface area contributed by atoms with Crippen LogP contribution in [0.5, 0.6) is 0 Å². The fourth-order valence-electron chi connectivity index (χ4n) is 1.95. The second kappa shape index (κ2) is 8.50. The standard InChI is InChI=1S/C17H14Cl2N2O4/c1-25-17(24)10-5-7-11(8-6-10)20-14(22)9-15(23)21-13-4-2-3-12(18)16(13)19/h2-8H,9H2,1H3,(H,20,22)(H,21,23). The Morgan fingerprint density at radius 2 is 1.60 bits per heavy atom. The lowest BCUT2D eigenvalue weighted by Crippen LogP contribution is -2.21. The lowest BCUT2D eigenvalue weighted by atomic mass is 10.2. The predicted molar refractivity (Wildman–Crippen MR) is 96.1 cm³/mol. The number of hydrogen-bond donors (Lipinski definition) is 2. The van der Waals surface area contributed by atoms with Crippen molar-refractivity contribution in [2.75, 3.05) is 17.7 Å². The van der Waals surface area contributed by atoms with Crippen molar-refractivity contribution in [1.29, 1.82) is 0 Å². The average molecular weight is 381 g/mol. The van der Waals surface area contributed by atoms with Crippen molar-refractivity contribution in [2.45, 2.75) is 6.42 Å². The minimum Gasteiger partial charge on any atom is -0.465 e. The van der Waals surface area contributed by atoms with E-state index in [4.69, 9.17) is 23.2 Å². The number of esters is 1. The van der Waals surface area contributed by atoms with Gasteiger partial charge in [-0.15, -0.1) is 0 Å². The zero-order valence-corrected chi connectivity index (χ0v) is 14.6. The van der Waals surface area contributed by atoms with Crippen molar-refractivity contribution in [3.05, 3.63) is 58.1 Å². The summed E-state index contributed by atoms with van der Waals surface area (Å²) in [7, 11) is 1.28. The van der Waals surface area contributed by atoms with Gasteiger partial charge in [0.1, 0.15) is 6.42 Å². The van der Waals surface area contributed by atoms with Crippen molar-refractivity contribution in [2.24, 2.45) is 0 Å². The van der Waals surface area contributed by atoms with Crippen molar-refractivity contribution >= 4 is 52.4 Å². The number of carbonyl (C=O) groups is 3. The molecule has 25 heavy (non-hydrogen) atoms. The Hall–Kier alpha value is -2.57. The molecule has 0 aliphatic rings. The third-order valence-electron chi connectivity index (χ3n) is 3.14. The molecule has 8 heteroatoms. The van der Waals surface area contributed by atoms with Gasteiger partial charge in [0, 0.05) is 5.69 Å². The van der Waals surface area contributed by atoms with E-state index in [1.165, 1.54) is 31.4 Å². The van der Waals surface area contributed by atoms with Crippen LogP contribution in [0.1, 0.15) is 16.8 Å². The molecule has 0 unspecified atom stereocenters. The van der Waals surface area contributed by atoms with Gasteiger partial charge in [0.25, 0.3) is 0 Å². The SMILES string of the molecule is COC(=O)c1ccc(NC(=O)CC(=O)Nc2cccc(Cl)c2Cl)cc1. The Balaban J connectivity index is 1.92. The fraction of sp³-hybridized carbons (Fsp3) is 0.118. The summed E-state index contributed by atoms with van der Waals surface area (Å²) in [5, 5.41) is 5.59. The van der Waals surface area contributed by atoms with Gasteiger partial charge in [0.15, 0.2) is 0 Å². The Kier molecular flexibility index (Phi) is 6.38. The van der Waals surface area contributed by atoms with E-state index < -0.39 is 24.2 Å². The van der Waals surface area contributed by atoms with Crippen LogP contribution in [-0.4, -0.2) is 24.9 Å². The number of rotatable bonds is 5. The van der Waals surface area contributed by atoms with Gasteiger partial charge in [-0.1, -0.05) is 29.3 Å². The van der Waals surface area contributed by atoms with Crippen molar-refractivity contribution in [3.63, 3.8) is 0 Å². The predicted octanol–water partition coefficient (Wildman–Crippen LogP) is 3.75. The number of amides is 2. The number of ether oxygens (including phenoxy) is 1. The number of hydrogen-bond acceptors (Lipinski definition) is 4. The number of carbonyl (C=O) groups excluding carboxylic acids is 3. The molecule has 2 N–H and O–H groups in total. The lowest BCUT2D eigenvalue weighted by molar-refractivity contribution is -0.123. The molecule has 0 atom stereocenters. The molecule has 0 fully saturated rings. The molecular formula is C17H14Cl2N2O4. The summed E-state index contributed by atoms with van der Waals surface area (Å²) < 4.78 is 4.59. The van der Waals surface area contributed by atoms with E-state index in [9.17, 15) is 14.4 Å². The van der Waals surface area contributed by atoms with Gasteiger partial charge in [-0.2, -0.15) is 0 Å². The third kappa shape index (κ3) is 5.20. The Bertz CT molecular complexity index is 807. The quantitative estimate of drug-likeness (QED) is 0.610. The molecule has 130 valence electrons. The second-order valence-electron chi connectivity index (χ2n) is 4.94. The number of methoxy groups -OCH3 is 1. The molecule has 0 radical (unpaired) electrons. The van der Waals surface area contributed by atoms with Crippen LogP contribution in [-0.2, 0) is 14.3 Å². The molecule has 2 rings (SSSR count). The Labute approximate surface area is 154 Å². The minimum atomic E-state index is -0.534. The highest BCUT2D eigenvalue weighted by Gasteiger charge is 2.13. The van der Waals surface area contributed by atoms with Crippen LogP contribution >= 0.6 is 23.2 Å². The first-order valence-corrected chi connectivity index (χ1v) is 7.88. The third-order valence-corrected chi connectivity index (χ3v) is 3.96. The van der Waals surface area contributed by atoms with Gasteiger partial charge in [-0.3, -0.25) is 9.59 Å². The minimum absolute atomic E-state index is 0.205. The highest BCUT2D eigenvalue weighted by atomic mass is 35.5. The molecule has 0 aliphatic carbocycles. The molecule has 0 aromatic heterocycles. The number of halogens is 2. The van der Waals surface area contributed by atoms with Gasteiger partial charge in [-0.05, 0) is 36.4 Å². The summed E-state index contributed by atoms with van der Waals surface area (Å²) >= 11 is 11.8. The smallest absolute Gasteiger partial charge is 0.337 e. The number of nitrogens with one attached hydrogen (secondary N) is 2. The largest absolute Gasteiger partial charge is 0.465 e. The van der Waals surface area contributed by atoms with E-state index in [2.05, 4.69) is 15.4 Å². The molecule has 2 amide bonds. The first-order valence-electron chi connectivity index (χ1n) is 7.13. The fourth-order valence-corrected chi connectivity index (χ4v) is 2.30. The van der Waals surface area contributed by atoms with E-state index >= 15 is 0 Å². The molecule has 0 saturated carbocycles. The van der Waals surface area contributed by atoms with E-state index in [0.717, 1.165) is 0 Å². The van der Waals surface area contributed by atoms with Crippen LogP contribution in [0.2, 0.25) is 10.0 Å². The van der Waals surface area contributed by atoms with E-state index in [0.29, 0.717) is 22.0 Å². The van der Waals surface area contributed by atoms with Gasteiger partial charge in [-0.25, -0.2) is 4.79 Å². The maximum atomic E-state index is 11.9. The first kappa shape index (κ1) is 18.8. The van der Waals surface area contributed by atoms with Crippen molar-refractivity contribution in [1.82, 2.24) is 0 Å². The van der Waals surface area contributed by atoms with Crippen LogP contribution < -0.4 is 10.6 Å². The van der Waals surface area contributed by atoms with Crippen molar-refractivity contribution < 1.29 is 19.1 Å². The number of benzene rings is 2.